The average molecular weight is 261 g/mol. The predicted molar refractivity (Wildman–Crippen MR) is 77.4 cm³/mol. The van der Waals surface area contributed by atoms with E-state index in [4.69, 9.17) is 0 Å². The van der Waals surface area contributed by atoms with Gasteiger partial charge in [0.25, 0.3) is 0 Å². The van der Waals surface area contributed by atoms with Gasteiger partial charge in [-0.05, 0) is 37.8 Å². The lowest BCUT2D eigenvalue weighted by molar-refractivity contribution is -0.145. The molecular weight excluding hydrogens is 238 g/mol. The van der Waals surface area contributed by atoms with E-state index in [1.54, 1.807) is 0 Å². The molecule has 0 aromatic heterocycles. The summed E-state index contributed by atoms with van der Waals surface area (Å²) in [5.41, 5.74) is 1.31. The molecule has 0 spiro atoms. The number of carboxylic acid groups (broad SMARTS) is 1. The smallest absolute Gasteiger partial charge is 0.329 e. The summed E-state index contributed by atoms with van der Waals surface area (Å²) < 4.78 is 0. The molecule has 1 saturated carbocycles. The first-order valence-corrected chi connectivity index (χ1v) is 7.16. The molecule has 0 aliphatic heterocycles. The summed E-state index contributed by atoms with van der Waals surface area (Å²) in [6.45, 7) is 4.12. The minimum Gasteiger partial charge on any atom is -0.479 e. The zero-order valence-electron chi connectivity index (χ0n) is 11.8. The van der Waals surface area contributed by atoms with Gasteiger partial charge in [0.15, 0.2) is 0 Å². The van der Waals surface area contributed by atoms with Gasteiger partial charge in [-0.15, -0.1) is 0 Å². The predicted octanol–water partition coefficient (Wildman–Crippen LogP) is 3.83. The molecule has 0 amide bonds. The maximum atomic E-state index is 11.9. The van der Waals surface area contributed by atoms with Crippen molar-refractivity contribution in [2.75, 3.05) is 5.32 Å². The van der Waals surface area contributed by atoms with Gasteiger partial charge in [0.2, 0.25) is 0 Å². The standard InChI is InChI=1S/C16H23NO2/c1-3-13-6-4-5-11-16(13,15(18)19)17-14-9-7-12(2)8-10-14/h7-10,13,17H,3-6,11H2,1-2H3,(H,18,19). The summed E-state index contributed by atoms with van der Waals surface area (Å²) in [5.74, 6) is -0.500. The molecule has 3 nitrogen and oxygen atoms in total. The Morgan fingerprint density at radius 3 is 2.63 bits per heavy atom. The Morgan fingerprint density at radius 1 is 1.37 bits per heavy atom. The van der Waals surface area contributed by atoms with Crippen LogP contribution in [0.4, 0.5) is 5.69 Å². The number of hydrogen-bond acceptors (Lipinski definition) is 2. The molecule has 0 bridgehead atoms. The Hall–Kier alpha value is -1.51. The summed E-state index contributed by atoms with van der Waals surface area (Å²) >= 11 is 0. The van der Waals surface area contributed by atoms with Crippen molar-refractivity contribution in [3.63, 3.8) is 0 Å². The van der Waals surface area contributed by atoms with Crippen LogP contribution in [0.1, 0.15) is 44.6 Å². The van der Waals surface area contributed by atoms with Gasteiger partial charge in [-0.3, -0.25) is 0 Å². The summed E-state index contributed by atoms with van der Waals surface area (Å²) in [6.07, 6.45) is 4.76. The number of carboxylic acids is 1. The number of hydrogen-bond donors (Lipinski definition) is 2. The topological polar surface area (TPSA) is 49.3 Å². The Morgan fingerprint density at radius 2 is 2.05 bits per heavy atom. The van der Waals surface area contributed by atoms with E-state index in [2.05, 4.69) is 12.2 Å². The number of aliphatic carboxylic acids is 1. The van der Waals surface area contributed by atoms with E-state index >= 15 is 0 Å². The third-order valence-corrected chi connectivity index (χ3v) is 4.36. The molecule has 104 valence electrons. The van der Waals surface area contributed by atoms with E-state index in [9.17, 15) is 9.90 Å². The zero-order chi connectivity index (χ0) is 13.9. The highest BCUT2D eigenvalue weighted by atomic mass is 16.4. The van der Waals surface area contributed by atoms with E-state index in [-0.39, 0.29) is 5.92 Å². The van der Waals surface area contributed by atoms with Crippen molar-refractivity contribution < 1.29 is 9.90 Å². The summed E-state index contributed by atoms with van der Waals surface area (Å²) in [5, 5.41) is 13.1. The van der Waals surface area contributed by atoms with Crippen LogP contribution in [-0.2, 0) is 4.79 Å². The van der Waals surface area contributed by atoms with Crippen LogP contribution in [0.2, 0.25) is 0 Å². The molecule has 0 heterocycles. The molecular formula is C16H23NO2. The fourth-order valence-electron chi connectivity index (χ4n) is 3.19. The van der Waals surface area contributed by atoms with Gasteiger partial charge in [-0.1, -0.05) is 43.9 Å². The van der Waals surface area contributed by atoms with E-state index in [1.807, 2.05) is 31.2 Å². The number of carbonyl (C=O) groups is 1. The molecule has 1 aliphatic carbocycles. The van der Waals surface area contributed by atoms with E-state index in [0.717, 1.165) is 31.4 Å². The van der Waals surface area contributed by atoms with Crippen molar-refractivity contribution >= 4 is 11.7 Å². The molecule has 3 heteroatoms. The summed E-state index contributed by atoms with van der Waals surface area (Å²) in [6, 6.07) is 7.98. The van der Waals surface area contributed by atoms with E-state index < -0.39 is 11.5 Å². The Labute approximate surface area is 115 Å². The summed E-state index contributed by atoms with van der Waals surface area (Å²) in [7, 11) is 0. The van der Waals surface area contributed by atoms with Gasteiger partial charge in [-0.2, -0.15) is 0 Å². The van der Waals surface area contributed by atoms with Crippen LogP contribution < -0.4 is 5.32 Å². The van der Waals surface area contributed by atoms with E-state index in [0.29, 0.717) is 6.42 Å². The van der Waals surface area contributed by atoms with Crippen molar-refractivity contribution in [2.24, 2.45) is 5.92 Å². The van der Waals surface area contributed by atoms with Gasteiger partial charge in [0.05, 0.1) is 0 Å². The first-order chi connectivity index (χ1) is 9.08. The maximum absolute atomic E-state index is 11.9. The van der Waals surface area contributed by atoms with Crippen molar-refractivity contribution in [3.8, 4) is 0 Å². The lowest BCUT2D eigenvalue weighted by Crippen LogP contribution is -2.54. The highest BCUT2D eigenvalue weighted by molar-refractivity contribution is 5.83. The van der Waals surface area contributed by atoms with Crippen molar-refractivity contribution in [1.29, 1.82) is 0 Å². The molecule has 0 radical (unpaired) electrons. The van der Waals surface area contributed by atoms with Gasteiger partial charge < -0.3 is 10.4 Å². The fraction of sp³-hybridized carbons (Fsp3) is 0.562. The molecule has 1 aliphatic rings. The Kier molecular flexibility index (Phi) is 4.13. The molecule has 2 atom stereocenters. The van der Waals surface area contributed by atoms with Crippen LogP contribution in [0.25, 0.3) is 0 Å². The van der Waals surface area contributed by atoms with Gasteiger partial charge in [0.1, 0.15) is 5.54 Å². The Bertz CT molecular complexity index is 441. The third kappa shape index (κ3) is 2.75. The highest BCUT2D eigenvalue weighted by Gasteiger charge is 2.46. The van der Waals surface area contributed by atoms with Crippen LogP contribution in [0, 0.1) is 12.8 Å². The van der Waals surface area contributed by atoms with Crippen LogP contribution in [0.15, 0.2) is 24.3 Å². The molecule has 2 unspecified atom stereocenters. The number of benzene rings is 1. The number of aryl methyl sites for hydroxylation is 1. The monoisotopic (exact) mass is 261 g/mol. The molecule has 1 fully saturated rings. The second-order valence-electron chi connectivity index (χ2n) is 5.62. The summed E-state index contributed by atoms with van der Waals surface area (Å²) in [4.78, 5) is 11.9. The zero-order valence-corrected chi connectivity index (χ0v) is 11.8. The second kappa shape index (κ2) is 5.64. The van der Waals surface area contributed by atoms with Crippen LogP contribution in [0.3, 0.4) is 0 Å². The lowest BCUT2D eigenvalue weighted by Gasteiger charge is -2.41. The average Bonchev–Trinajstić information content (AvgIpc) is 2.41. The third-order valence-electron chi connectivity index (χ3n) is 4.36. The van der Waals surface area contributed by atoms with Crippen molar-refractivity contribution in [3.05, 3.63) is 29.8 Å². The van der Waals surface area contributed by atoms with Crippen LogP contribution >= 0.6 is 0 Å². The highest BCUT2D eigenvalue weighted by Crippen LogP contribution is 2.38. The van der Waals surface area contributed by atoms with Crippen LogP contribution in [-0.4, -0.2) is 16.6 Å². The quantitative estimate of drug-likeness (QED) is 0.866. The van der Waals surface area contributed by atoms with Crippen LogP contribution in [0.5, 0.6) is 0 Å². The van der Waals surface area contributed by atoms with Gasteiger partial charge in [-0.25, -0.2) is 4.79 Å². The Balaban J connectivity index is 2.28. The molecule has 1 aromatic rings. The molecule has 0 saturated heterocycles. The van der Waals surface area contributed by atoms with Crippen molar-refractivity contribution in [1.82, 2.24) is 0 Å². The molecule has 2 rings (SSSR count). The first-order valence-electron chi connectivity index (χ1n) is 7.16. The lowest BCUT2D eigenvalue weighted by atomic mass is 9.71. The van der Waals surface area contributed by atoms with E-state index in [1.165, 1.54) is 5.56 Å². The minimum absolute atomic E-state index is 0.208. The normalized spacial score (nSPS) is 26.9. The number of anilines is 1. The fourth-order valence-corrected chi connectivity index (χ4v) is 3.19. The SMILES string of the molecule is CCC1CCCCC1(Nc1ccc(C)cc1)C(=O)O. The van der Waals surface area contributed by atoms with Crippen molar-refractivity contribution in [2.45, 2.75) is 51.5 Å². The maximum Gasteiger partial charge on any atom is 0.329 e. The second-order valence-corrected chi connectivity index (χ2v) is 5.62. The number of rotatable bonds is 4. The molecule has 2 N–H and O–H groups in total. The molecule has 19 heavy (non-hydrogen) atoms. The first kappa shape index (κ1) is 13.9. The molecule has 1 aromatic carbocycles. The van der Waals surface area contributed by atoms with Gasteiger partial charge >= 0.3 is 5.97 Å². The number of nitrogens with one attached hydrogen (secondary N) is 1. The van der Waals surface area contributed by atoms with Gasteiger partial charge in [0, 0.05) is 5.69 Å². The largest absolute Gasteiger partial charge is 0.479 e. The minimum atomic E-state index is -0.789.